The maximum absolute atomic E-state index is 13.7. The number of para-hydroxylation sites is 1. The molecule has 0 spiro atoms. The molecule has 2 N–H and O–H groups in total. The highest BCUT2D eigenvalue weighted by Crippen LogP contribution is 2.42. The molecule has 2 aliphatic heterocycles. The minimum absolute atomic E-state index is 0.249. The summed E-state index contributed by atoms with van der Waals surface area (Å²) in [6.45, 7) is 0.438. The van der Waals surface area contributed by atoms with Crippen molar-refractivity contribution in [1.29, 1.82) is 0 Å². The number of carbonyl (C=O) groups is 1. The highest BCUT2D eigenvalue weighted by atomic mass is 32.2. The van der Waals surface area contributed by atoms with Crippen molar-refractivity contribution in [1.82, 2.24) is 10.3 Å². The first kappa shape index (κ1) is 27.0. The Morgan fingerprint density at radius 1 is 1.07 bits per heavy atom. The Bertz CT molecular complexity index is 2140. The lowest BCUT2D eigenvalue weighted by atomic mass is 9.95. The lowest BCUT2D eigenvalue weighted by molar-refractivity contribution is 0.0964. The van der Waals surface area contributed by atoms with E-state index in [1.165, 1.54) is 42.7 Å². The van der Waals surface area contributed by atoms with Crippen molar-refractivity contribution in [2.75, 3.05) is 24.7 Å². The number of sulfonamides is 1. The Hall–Kier alpha value is -4.90. The fourth-order valence-corrected chi connectivity index (χ4v) is 6.31. The van der Waals surface area contributed by atoms with Gasteiger partial charge >= 0.3 is 0 Å². The van der Waals surface area contributed by atoms with Crippen molar-refractivity contribution in [3.8, 4) is 11.3 Å². The van der Waals surface area contributed by atoms with Gasteiger partial charge in [-0.25, -0.2) is 17.8 Å². The molecule has 0 unspecified atom stereocenters. The number of rotatable bonds is 5. The number of aliphatic imine (C=N–C) groups is 1. The van der Waals surface area contributed by atoms with E-state index < -0.39 is 21.7 Å². The second kappa shape index (κ2) is 9.84. The van der Waals surface area contributed by atoms with Gasteiger partial charge in [-0.05, 0) is 42.8 Å². The first-order chi connectivity index (χ1) is 20.6. The fraction of sp³-hybridized carbons (Fsp3) is 0.188. The van der Waals surface area contributed by atoms with Crippen LogP contribution in [0.3, 0.4) is 0 Å². The molecule has 0 bridgehead atoms. The van der Waals surface area contributed by atoms with E-state index in [4.69, 9.17) is 14.1 Å². The van der Waals surface area contributed by atoms with E-state index in [1.807, 2.05) is 24.3 Å². The number of nitrogens with one attached hydrogen (secondary N) is 2. The number of benzene rings is 3. The molecule has 5 aromatic rings. The van der Waals surface area contributed by atoms with Crippen molar-refractivity contribution in [2.24, 2.45) is 4.99 Å². The summed E-state index contributed by atoms with van der Waals surface area (Å²) in [5, 5.41) is 4.21. The van der Waals surface area contributed by atoms with E-state index in [2.05, 4.69) is 10.3 Å². The van der Waals surface area contributed by atoms with Crippen LogP contribution in [0.15, 0.2) is 75.8 Å². The summed E-state index contributed by atoms with van der Waals surface area (Å²) >= 11 is 0. The lowest BCUT2D eigenvalue weighted by Crippen LogP contribution is -2.27. The van der Waals surface area contributed by atoms with Crippen LogP contribution in [0.5, 0.6) is 0 Å². The molecule has 43 heavy (non-hydrogen) atoms. The number of anilines is 1. The zero-order chi connectivity index (χ0) is 30.0. The van der Waals surface area contributed by atoms with Crippen LogP contribution in [0.1, 0.15) is 40.0 Å². The summed E-state index contributed by atoms with van der Waals surface area (Å²) < 4.78 is 52.8. The quantitative estimate of drug-likeness (QED) is 0.259. The number of halogens is 1. The minimum atomic E-state index is -3.68. The van der Waals surface area contributed by atoms with Crippen LogP contribution < -0.4 is 9.62 Å². The second-order valence-electron chi connectivity index (χ2n) is 10.6. The number of aromatic nitrogens is 1. The lowest BCUT2D eigenvalue weighted by Gasteiger charge is -2.26. The Labute approximate surface area is 246 Å². The third-order valence-electron chi connectivity index (χ3n) is 8.06. The highest BCUT2D eigenvalue weighted by molar-refractivity contribution is 7.92. The first-order valence-electron chi connectivity index (χ1n) is 13.7. The van der Waals surface area contributed by atoms with Gasteiger partial charge in [-0.2, -0.15) is 0 Å². The summed E-state index contributed by atoms with van der Waals surface area (Å²) in [6, 6.07) is 17.0. The van der Waals surface area contributed by atoms with Gasteiger partial charge in [-0.3, -0.25) is 9.10 Å². The zero-order valence-electron chi connectivity index (χ0n) is 23.6. The van der Waals surface area contributed by atoms with Crippen LogP contribution in [0.25, 0.3) is 38.9 Å². The number of H-pyrrole nitrogens is 1. The number of ether oxygens (including phenoxy) is 1. The smallest absolute Gasteiger partial charge is 0.255 e. The Kier molecular flexibility index (Phi) is 6.17. The van der Waals surface area contributed by atoms with Gasteiger partial charge in [0.2, 0.25) is 10.0 Å². The number of carbonyl (C=O) groups excluding carboxylic acids is 1. The number of furan rings is 1. The van der Waals surface area contributed by atoms with Crippen LogP contribution in [0.2, 0.25) is 0 Å². The summed E-state index contributed by atoms with van der Waals surface area (Å²) in [5.41, 5.74) is 6.18. The van der Waals surface area contributed by atoms with Crippen LogP contribution in [-0.4, -0.2) is 45.4 Å². The van der Waals surface area contributed by atoms with Gasteiger partial charge in [0.1, 0.15) is 35.2 Å². The topological polar surface area (TPSA) is 117 Å². The molecule has 218 valence electrons. The molecule has 0 fully saturated rings. The van der Waals surface area contributed by atoms with E-state index in [1.54, 1.807) is 12.1 Å². The first-order valence-corrected chi connectivity index (χ1v) is 15.5. The van der Waals surface area contributed by atoms with E-state index in [0.29, 0.717) is 58.6 Å². The number of amides is 1. The third-order valence-corrected chi connectivity index (χ3v) is 9.25. The van der Waals surface area contributed by atoms with E-state index in [9.17, 15) is 17.6 Å². The van der Waals surface area contributed by atoms with Crippen molar-refractivity contribution in [3.63, 3.8) is 0 Å². The number of fused-ring (bicyclic) bond motifs is 5. The van der Waals surface area contributed by atoms with E-state index in [-0.39, 0.29) is 11.3 Å². The number of hydrogen-bond acceptors (Lipinski definition) is 6. The fourth-order valence-electron chi connectivity index (χ4n) is 5.80. The van der Waals surface area contributed by atoms with Gasteiger partial charge in [0.15, 0.2) is 0 Å². The van der Waals surface area contributed by atoms with Crippen molar-refractivity contribution in [3.05, 3.63) is 94.6 Å². The summed E-state index contributed by atoms with van der Waals surface area (Å²) in [7, 11) is -0.698. The molecule has 0 saturated carbocycles. The van der Waals surface area contributed by atoms with Gasteiger partial charge in [-0.15, -0.1) is 0 Å². The number of nitrogens with zero attached hydrogens (tertiary/aromatic N) is 2. The van der Waals surface area contributed by atoms with Gasteiger partial charge in [-0.1, -0.05) is 18.2 Å². The monoisotopic (exact) mass is 598 g/mol. The van der Waals surface area contributed by atoms with Gasteiger partial charge in [0, 0.05) is 59.6 Å². The van der Waals surface area contributed by atoms with Crippen LogP contribution in [0.4, 0.5) is 10.1 Å². The molecule has 9 nitrogen and oxygen atoms in total. The summed E-state index contributed by atoms with van der Waals surface area (Å²) in [6.07, 6.45) is 2.18. The minimum Gasteiger partial charge on any atom is -0.491 e. The molecule has 0 atom stereocenters. The molecule has 0 aliphatic carbocycles. The molecule has 3 aromatic carbocycles. The molecular weight excluding hydrogens is 571 g/mol. The summed E-state index contributed by atoms with van der Waals surface area (Å²) in [5.74, 6) is 0.204. The number of allylic oxidation sites excluding steroid dienone is 1. The Morgan fingerprint density at radius 2 is 1.84 bits per heavy atom. The van der Waals surface area contributed by atoms with Crippen LogP contribution in [0, 0.1) is 5.82 Å². The standard InChI is InChI=1S/C32H27FN4O5S/c1-34-32(38)28-21-14-20(24-12-13-26-30(36-24)29-22(16-41-26)19-6-4-5-7-23(19)35-29)25(37(2)43(3,39)40)15-27(21)42-31(28)17-8-10-18(33)11-9-17/h4-11,14-15,35H,12-13,16H2,1-3H3,(H,34,38). The number of aromatic amines is 1. The van der Waals surface area contributed by atoms with Crippen molar-refractivity contribution < 1.29 is 26.8 Å². The van der Waals surface area contributed by atoms with Crippen LogP contribution >= 0.6 is 0 Å². The molecule has 0 radical (unpaired) electrons. The van der Waals surface area contributed by atoms with Crippen molar-refractivity contribution >= 4 is 54.9 Å². The average molecular weight is 599 g/mol. The molecule has 4 heterocycles. The highest BCUT2D eigenvalue weighted by Gasteiger charge is 2.31. The summed E-state index contributed by atoms with van der Waals surface area (Å²) in [4.78, 5) is 21.8. The largest absolute Gasteiger partial charge is 0.491 e. The predicted molar refractivity (Wildman–Crippen MR) is 164 cm³/mol. The Balaban J connectivity index is 1.47. The SMILES string of the molecule is CNC(=O)c1c(-c2ccc(F)cc2)oc2cc(N(C)S(C)(=O)=O)c(C3=NC4=C(CC3)OCc3c4[nH]c4ccccc34)cc12. The van der Waals surface area contributed by atoms with E-state index in [0.717, 1.165) is 34.2 Å². The van der Waals surface area contributed by atoms with E-state index >= 15 is 0 Å². The predicted octanol–water partition coefficient (Wildman–Crippen LogP) is 5.96. The maximum Gasteiger partial charge on any atom is 0.255 e. The average Bonchev–Trinajstić information content (AvgIpc) is 3.58. The third kappa shape index (κ3) is 4.38. The molecule has 0 saturated heterocycles. The molecule has 2 aromatic heterocycles. The van der Waals surface area contributed by atoms with Gasteiger partial charge in [0.05, 0.1) is 28.9 Å². The Morgan fingerprint density at radius 3 is 2.58 bits per heavy atom. The second-order valence-corrected chi connectivity index (χ2v) is 12.6. The molecule has 11 heteroatoms. The molecule has 2 aliphatic rings. The number of hydrogen-bond donors (Lipinski definition) is 2. The van der Waals surface area contributed by atoms with Crippen molar-refractivity contribution in [2.45, 2.75) is 19.4 Å². The molecule has 7 rings (SSSR count). The van der Waals surface area contributed by atoms with Crippen LogP contribution in [-0.2, 0) is 21.4 Å². The van der Waals surface area contributed by atoms with Gasteiger partial charge in [0.25, 0.3) is 5.91 Å². The van der Waals surface area contributed by atoms with Gasteiger partial charge < -0.3 is 19.5 Å². The zero-order valence-corrected chi connectivity index (χ0v) is 24.4. The molecular formula is C32H27FN4O5S. The molecule has 1 amide bonds. The maximum atomic E-state index is 13.7. The normalized spacial score (nSPS) is 14.7.